The van der Waals surface area contributed by atoms with Crippen molar-refractivity contribution in [1.29, 1.82) is 0 Å². The highest BCUT2D eigenvalue weighted by Crippen LogP contribution is 2.38. The molecule has 0 amide bonds. The maximum absolute atomic E-state index is 13.8. The topological polar surface area (TPSA) is 53.6 Å². The maximum Gasteiger partial charge on any atom is 0.180 e. The predicted octanol–water partition coefficient (Wildman–Crippen LogP) is 2.73. The SMILES string of the molecule is CC(Cl)NC=C(F)C(N)=NC1CC2CCCN2C(C)(C)C1. The monoisotopic (exact) mass is 316 g/mol. The Morgan fingerprint density at radius 3 is 2.95 bits per heavy atom. The number of hydrogen-bond donors (Lipinski definition) is 2. The fourth-order valence-corrected chi connectivity index (χ4v) is 3.65. The molecule has 3 N–H and O–H groups in total. The Hall–Kier alpha value is -0.810. The summed E-state index contributed by atoms with van der Waals surface area (Å²) in [4.78, 5) is 6.98. The fraction of sp³-hybridized carbons (Fsp3) is 0.800. The van der Waals surface area contributed by atoms with Crippen molar-refractivity contribution in [2.45, 2.75) is 69.6 Å². The van der Waals surface area contributed by atoms with Crippen LogP contribution >= 0.6 is 11.6 Å². The summed E-state index contributed by atoms with van der Waals surface area (Å²) in [6, 6.07) is 0.648. The molecule has 2 aliphatic heterocycles. The second-order valence-corrected chi connectivity index (χ2v) is 7.34. The zero-order valence-corrected chi connectivity index (χ0v) is 13.8. The van der Waals surface area contributed by atoms with Crippen LogP contribution in [0.4, 0.5) is 4.39 Å². The molecule has 2 fully saturated rings. The molecule has 2 rings (SSSR count). The van der Waals surface area contributed by atoms with E-state index in [4.69, 9.17) is 17.3 Å². The Labute approximate surface area is 131 Å². The van der Waals surface area contributed by atoms with Crippen LogP contribution in [0.2, 0.25) is 0 Å². The first-order chi connectivity index (χ1) is 9.79. The third kappa shape index (κ3) is 4.10. The highest BCUT2D eigenvalue weighted by atomic mass is 35.5. The van der Waals surface area contributed by atoms with Crippen molar-refractivity contribution in [3.63, 3.8) is 0 Å². The van der Waals surface area contributed by atoms with Gasteiger partial charge in [0, 0.05) is 17.8 Å². The van der Waals surface area contributed by atoms with Crippen LogP contribution in [-0.2, 0) is 0 Å². The number of nitrogens with one attached hydrogen (secondary N) is 1. The molecule has 120 valence electrons. The average molecular weight is 317 g/mol. The van der Waals surface area contributed by atoms with Crippen molar-refractivity contribution >= 4 is 17.4 Å². The van der Waals surface area contributed by atoms with Gasteiger partial charge >= 0.3 is 0 Å². The van der Waals surface area contributed by atoms with Crippen molar-refractivity contribution in [2.75, 3.05) is 6.54 Å². The van der Waals surface area contributed by atoms with Gasteiger partial charge in [-0.3, -0.25) is 9.89 Å². The molecule has 2 saturated heterocycles. The fourth-order valence-electron chi connectivity index (χ4n) is 3.59. The zero-order valence-electron chi connectivity index (χ0n) is 13.1. The number of nitrogens with two attached hydrogens (primary N) is 1. The molecule has 4 nitrogen and oxygen atoms in total. The lowest BCUT2D eigenvalue weighted by Gasteiger charge is -2.46. The number of nitrogens with zero attached hydrogens (tertiary/aromatic N) is 2. The van der Waals surface area contributed by atoms with Crippen LogP contribution in [0, 0.1) is 0 Å². The first-order valence-electron chi connectivity index (χ1n) is 7.66. The lowest BCUT2D eigenvalue weighted by atomic mass is 9.84. The van der Waals surface area contributed by atoms with Crippen LogP contribution in [-0.4, -0.2) is 40.4 Å². The molecule has 0 bridgehead atoms. The number of aliphatic imine (C=N–C) groups is 1. The number of rotatable bonds is 4. The molecule has 0 aromatic rings. The van der Waals surface area contributed by atoms with Gasteiger partial charge in [-0.2, -0.15) is 0 Å². The van der Waals surface area contributed by atoms with Gasteiger partial charge in [0.1, 0.15) is 0 Å². The largest absolute Gasteiger partial charge is 0.382 e. The molecule has 0 radical (unpaired) electrons. The summed E-state index contributed by atoms with van der Waals surface area (Å²) in [5, 5.41) is 2.68. The average Bonchev–Trinajstić information content (AvgIpc) is 2.84. The third-order valence-corrected chi connectivity index (χ3v) is 4.57. The van der Waals surface area contributed by atoms with E-state index in [2.05, 4.69) is 29.1 Å². The molecule has 3 unspecified atom stereocenters. The van der Waals surface area contributed by atoms with Crippen LogP contribution in [0.1, 0.15) is 46.5 Å². The van der Waals surface area contributed by atoms with Gasteiger partial charge in [-0.05, 0) is 53.0 Å². The maximum atomic E-state index is 13.8. The third-order valence-electron chi connectivity index (χ3n) is 4.44. The van der Waals surface area contributed by atoms with E-state index in [0.29, 0.717) is 6.04 Å². The summed E-state index contributed by atoms with van der Waals surface area (Å²) in [6.45, 7) is 7.37. The highest BCUT2D eigenvalue weighted by Gasteiger charge is 2.42. The Kier molecular flexibility index (Phi) is 5.15. The van der Waals surface area contributed by atoms with Crippen LogP contribution in [0.15, 0.2) is 17.0 Å². The molecule has 3 atom stereocenters. The first-order valence-corrected chi connectivity index (χ1v) is 8.09. The number of halogens is 2. The standard InChI is InChI=1S/C15H26ClFN4/c1-10(16)19-9-13(17)14(18)20-11-7-12-5-4-6-21(12)15(2,3)8-11/h9-12,19H,4-8H2,1-3H3,(H2,18,20). The number of fused-ring (bicyclic) bond motifs is 1. The highest BCUT2D eigenvalue weighted by molar-refractivity contribution is 6.20. The number of piperidine rings is 1. The molecule has 2 heterocycles. The Bertz CT molecular complexity index is 433. The van der Waals surface area contributed by atoms with E-state index in [1.807, 2.05) is 0 Å². The smallest absolute Gasteiger partial charge is 0.180 e. The van der Waals surface area contributed by atoms with Gasteiger partial charge in [-0.1, -0.05) is 11.6 Å². The summed E-state index contributed by atoms with van der Waals surface area (Å²) < 4.78 is 13.8. The lowest BCUT2D eigenvalue weighted by molar-refractivity contribution is 0.0467. The van der Waals surface area contributed by atoms with Crippen molar-refractivity contribution in [3.8, 4) is 0 Å². The van der Waals surface area contributed by atoms with E-state index in [1.165, 1.54) is 19.0 Å². The summed E-state index contributed by atoms with van der Waals surface area (Å²) >= 11 is 5.71. The Balaban J connectivity index is 2.05. The Morgan fingerprint density at radius 1 is 1.57 bits per heavy atom. The first kappa shape index (κ1) is 16.6. The van der Waals surface area contributed by atoms with E-state index < -0.39 is 5.83 Å². The minimum atomic E-state index is -0.547. The minimum Gasteiger partial charge on any atom is -0.382 e. The van der Waals surface area contributed by atoms with E-state index in [0.717, 1.165) is 19.4 Å². The molecule has 0 spiro atoms. The summed E-state index contributed by atoms with van der Waals surface area (Å²) in [5.74, 6) is -0.582. The molecular formula is C15H26ClFN4. The van der Waals surface area contributed by atoms with Crippen molar-refractivity contribution < 1.29 is 4.39 Å². The van der Waals surface area contributed by atoms with Gasteiger partial charge in [0.25, 0.3) is 0 Å². The molecule has 0 aromatic heterocycles. The van der Waals surface area contributed by atoms with E-state index in [1.54, 1.807) is 6.92 Å². The second kappa shape index (κ2) is 6.53. The molecule has 0 saturated carbocycles. The van der Waals surface area contributed by atoms with E-state index in [9.17, 15) is 4.39 Å². The normalized spacial score (nSPS) is 31.9. The lowest BCUT2D eigenvalue weighted by Crippen LogP contribution is -2.53. The number of hydrogen-bond acceptors (Lipinski definition) is 3. The van der Waals surface area contributed by atoms with Gasteiger partial charge < -0.3 is 11.1 Å². The minimum absolute atomic E-state index is 0.0351. The van der Waals surface area contributed by atoms with Gasteiger partial charge in [0.05, 0.1) is 11.5 Å². The van der Waals surface area contributed by atoms with E-state index in [-0.39, 0.29) is 22.9 Å². The van der Waals surface area contributed by atoms with Crippen LogP contribution < -0.4 is 11.1 Å². The van der Waals surface area contributed by atoms with Gasteiger partial charge in [0.15, 0.2) is 11.7 Å². The predicted molar refractivity (Wildman–Crippen MR) is 86.1 cm³/mol. The molecule has 2 aliphatic rings. The van der Waals surface area contributed by atoms with Gasteiger partial charge in [0.2, 0.25) is 0 Å². The molecule has 0 aliphatic carbocycles. The van der Waals surface area contributed by atoms with Crippen LogP contribution in [0.25, 0.3) is 0 Å². The van der Waals surface area contributed by atoms with Crippen molar-refractivity contribution in [2.24, 2.45) is 10.7 Å². The van der Waals surface area contributed by atoms with E-state index >= 15 is 0 Å². The quantitative estimate of drug-likeness (QED) is 0.363. The summed E-state index contributed by atoms with van der Waals surface area (Å²) in [7, 11) is 0. The zero-order chi connectivity index (χ0) is 15.6. The van der Waals surface area contributed by atoms with Crippen molar-refractivity contribution in [1.82, 2.24) is 10.2 Å². The van der Waals surface area contributed by atoms with Crippen molar-refractivity contribution in [3.05, 3.63) is 12.0 Å². The van der Waals surface area contributed by atoms with Gasteiger partial charge in [-0.25, -0.2) is 4.39 Å². The summed E-state index contributed by atoms with van der Waals surface area (Å²) in [6.07, 6.45) is 5.52. The second-order valence-electron chi connectivity index (χ2n) is 6.68. The van der Waals surface area contributed by atoms with Crippen LogP contribution in [0.5, 0.6) is 0 Å². The van der Waals surface area contributed by atoms with Crippen LogP contribution in [0.3, 0.4) is 0 Å². The molecule has 0 aromatic carbocycles. The number of alkyl halides is 1. The molecular weight excluding hydrogens is 291 g/mol. The molecule has 6 heteroatoms. The summed E-state index contributed by atoms with van der Waals surface area (Å²) in [5.41, 5.74) is 5.53. The van der Waals surface area contributed by atoms with Gasteiger partial charge in [-0.15, -0.1) is 0 Å². The number of amidine groups is 1. The molecule has 21 heavy (non-hydrogen) atoms. The Morgan fingerprint density at radius 2 is 2.29 bits per heavy atom.